The molecule has 3 aromatic heterocycles. The SMILES string of the molecule is Cc1ccc2c(n1)oc1ccc(C)c(C(C)(C)N3C=CN(c4nn(C(C)C)c5ccccc45)[C@H]3C)c12. The molecule has 0 unspecified atom stereocenters. The molecule has 0 spiro atoms. The third-order valence-corrected chi connectivity index (χ3v) is 7.63. The number of pyridine rings is 1. The second-order valence-electron chi connectivity index (χ2n) is 10.7. The maximum Gasteiger partial charge on any atom is 0.227 e. The van der Waals surface area contributed by atoms with Gasteiger partial charge in [0.25, 0.3) is 0 Å². The number of nitrogens with zero attached hydrogens (tertiary/aromatic N) is 5. The number of hydrogen-bond acceptors (Lipinski definition) is 5. The van der Waals surface area contributed by atoms with Crippen LogP contribution in [0.3, 0.4) is 0 Å². The van der Waals surface area contributed by atoms with Gasteiger partial charge in [0.1, 0.15) is 11.7 Å². The van der Waals surface area contributed by atoms with E-state index in [1.54, 1.807) is 0 Å². The van der Waals surface area contributed by atoms with Crippen LogP contribution in [-0.2, 0) is 5.54 Å². The summed E-state index contributed by atoms with van der Waals surface area (Å²) < 4.78 is 8.33. The molecule has 2 aromatic carbocycles. The number of hydrogen-bond donors (Lipinski definition) is 0. The molecule has 6 heteroatoms. The van der Waals surface area contributed by atoms with Gasteiger partial charge in [0.05, 0.1) is 11.1 Å². The molecule has 0 bridgehead atoms. The first-order valence-corrected chi connectivity index (χ1v) is 12.7. The average Bonchev–Trinajstić information content (AvgIpc) is 3.51. The van der Waals surface area contributed by atoms with Crippen LogP contribution in [0.5, 0.6) is 0 Å². The number of para-hydroxylation sites is 1. The van der Waals surface area contributed by atoms with Gasteiger partial charge in [-0.1, -0.05) is 18.2 Å². The topological polar surface area (TPSA) is 50.3 Å². The van der Waals surface area contributed by atoms with Gasteiger partial charge in [-0.05, 0) is 89.9 Å². The predicted octanol–water partition coefficient (Wildman–Crippen LogP) is 7.40. The third kappa shape index (κ3) is 3.16. The highest BCUT2D eigenvalue weighted by molar-refractivity contribution is 6.06. The Bertz CT molecular complexity index is 1650. The zero-order chi connectivity index (χ0) is 25.4. The molecule has 6 nitrogen and oxygen atoms in total. The Hall–Kier alpha value is -3.80. The summed E-state index contributed by atoms with van der Waals surface area (Å²) in [6.45, 7) is 15.4. The van der Waals surface area contributed by atoms with Gasteiger partial charge in [-0.2, -0.15) is 5.10 Å². The largest absolute Gasteiger partial charge is 0.438 e. The summed E-state index contributed by atoms with van der Waals surface area (Å²) in [5.41, 5.74) is 5.89. The van der Waals surface area contributed by atoms with Crippen molar-refractivity contribution in [3.63, 3.8) is 0 Å². The third-order valence-electron chi connectivity index (χ3n) is 7.63. The monoisotopic (exact) mass is 479 g/mol. The fraction of sp³-hybridized carbons (Fsp3) is 0.333. The zero-order valence-corrected chi connectivity index (χ0v) is 22.1. The lowest BCUT2D eigenvalue weighted by atomic mass is 9.85. The Morgan fingerprint density at radius 2 is 1.72 bits per heavy atom. The normalized spacial score (nSPS) is 16.5. The lowest BCUT2D eigenvalue weighted by molar-refractivity contribution is 0.153. The molecule has 1 atom stereocenters. The summed E-state index contributed by atoms with van der Waals surface area (Å²) in [5, 5.41) is 8.45. The first-order chi connectivity index (χ1) is 17.2. The van der Waals surface area contributed by atoms with Crippen molar-refractivity contribution in [2.24, 2.45) is 0 Å². The maximum atomic E-state index is 6.21. The van der Waals surface area contributed by atoms with Crippen LogP contribution in [0.2, 0.25) is 0 Å². The van der Waals surface area contributed by atoms with Crippen LogP contribution in [0.4, 0.5) is 5.82 Å². The minimum absolute atomic E-state index is 0.0760. The number of anilines is 1. The Kier molecular flexibility index (Phi) is 4.94. The molecule has 184 valence electrons. The Balaban J connectivity index is 1.46. The highest BCUT2D eigenvalue weighted by Crippen LogP contribution is 2.44. The second-order valence-corrected chi connectivity index (χ2v) is 10.7. The van der Waals surface area contributed by atoms with E-state index in [1.165, 1.54) is 16.5 Å². The predicted molar refractivity (Wildman–Crippen MR) is 147 cm³/mol. The zero-order valence-electron chi connectivity index (χ0n) is 22.1. The van der Waals surface area contributed by atoms with Gasteiger partial charge in [0, 0.05) is 40.3 Å². The molecule has 0 N–H and O–H groups in total. The average molecular weight is 480 g/mol. The molecule has 0 amide bonds. The highest BCUT2D eigenvalue weighted by atomic mass is 16.3. The van der Waals surface area contributed by atoms with E-state index in [9.17, 15) is 0 Å². The molecule has 1 aliphatic heterocycles. The Morgan fingerprint density at radius 1 is 0.944 bits per heavy atom. The molecule has 4 heterocycles. The van der Waals surface area contributed by atoms with E-state index in [0.717, 1.165) is 33.4 Å². The molecule has 0 saturated carbocycles. The number of furan rings is 1. The summed E-state index contributed by atoms with van der Waals surface area (Å²) in [4.78, 5) is 9.38. The van der Waals surface area contributed by atoms with Crippen molar-refractivity contribution in [3.8, 4) is 0 Å². The number of aryl methyl sites for hydroxylation is 2. The van der Waals surface area contributed by atoms with Gasteiger partial charge in [-0.3, -0.25) is 4.68 Å². The van der Waals surface area contributed by atoms with Crippen molar-refractivity contribution in [2.45, 2.75) is 66.2 Å². The van der Waals surface area contributed by atoms with Gasteiger partial charge >= 0.3 is 0 Å². The van der Waals surface area contributed by atoms with Gasteiger partial charge in [-0.25, -0.2) is 4.98 Å². The minimum Gasteiger partial charge on any atom is -0.438 e. The number of fused-ring (bicyclic) bond motifs is 4. The van der Waals surface area contributed by atoms with E-state index >= 15 is 0 Å². The van der Waals surface area contributed by atoms with Crippen LogP contribution in [0.1, 0.15) is 57.5 Å². The Labute approximate surface area is 211 Å². The standard InChI is InChI=1S/C30H33N5O/c1-18(2)35-24-11-9-8-10-22(24)28(32-35)33-16-17-34(21(33)5)30(6,7)27-19(3)12-15-25-26(27)23-14-13-20(4)31-29(23)36-25/h8-18,21H,1-7H3/t21-/m1/s1. The first kappa shape index (κ1) is 22.7. The van der Waals surface area contributed by atoms with Crippen LogP contribution < -0.4 is 4.90 Å². The van der Waals surface area contributed by atoms with E-state index < -0.39 is 0 Å². The van der Waals surface area contributed by atoms with Crippen LogP contribution in [0, 0.1) is 13.8 Å². The van der Waals surface area contributed by atoms with E-state index in [4.69, 9.17) is 9.52 Å². The molecule has 1 aliphatic rings. The quantitative estimate of drug-likeness (QED) is 0.269. The molecule has 0 radical (unpaired) electrons. The van der Waals surface area contributed by atoms with Crippen molar-refractivity contribution >= 4 is 38.8 Å². The van der Waals surface area contributed by atoms with E-state index in [1.807, 2.05) is 6.92 Å². The summed E-state index contributed by atoms with van der Waals surface area (Å²) in [5.74, 6) is 0.990. The smallest absolute Gasteiger partial charge is 0.227 e. The highest BCUT2D eigenvalue weighted by Gasteiger charge is 2.39. The van der Waals surface area contributed by atoms with Crippen molar-refractivity contribution in [3.05, 3.63) is 77.8 Å². The van der Waals surface area contributed by atoms with Crippen LogP contribution in [0.15, 0.2) is 65.3 Å². The summed E-state index contributed by atoms with van der Waals surface area (Å²) >= 11 is 0. The Morgan fingerprint density at radius 3 is 2.50 bits per heavy atom. The van der Waals surface area contributed by atoms with Crippen LogP contribution in [-0.4, -0.2) is 25.8 Å². The molecule has 36 heavy (non-hydrogen) atoms. The molecule has 6 rings (SSSR count). The van der Waals surface area contributed by atoms with Gasteiger partial charge < -0.3 is 14.2 Å². The lowest BCUT2D eigenvalue weighted by Crippen LogP contribution is -2.46. The summed E-state index contributed by atoms with van der Waals surface area (Å²) in [6, 6.07) is 17.2. The molecular formula is C30H33N5O. The fourth-order valence-corrected chi connectivity index (χ4v) is 5.95. The number of aromatic nitrogens is 3. The van der Waals surface area contributed by atoms with Crippen molar-refractivity contribution < 1.29 is 4.42 Å². The van der Waals surface area contributed by atoms with Gasteiger partial charge in [-0.15, -0.1) is 0 Å². The number of benzene rings is 2. The molecule has 0 aliphatic carbocycles. The lowest BCUT2D eigenvalue weighted by Gasteiger charge is -2.42. The first-order valence-electron chi connectivity index (χ1n) is 12.7. The second kappa shape index (κ2) is 7.85. The maximum absolute atomic E-state index is 6.21. The molecule has 5 aromatic rings. The van der Waals surface area contributed by atoms with Crippen molar-refractivity contribution in [2.75, 3.05) is 4.90 Å². The number of rotatable bonds is 4. The van der Waals surface area contributed by atoms with E-state index in [-0.39, 0.29) is 17.7 Å². The van der Waals surface area contributed by atoms with Gasteiger partial charge in [0.15, 0.2) is 5.82 Å². The fourth-order valence-electron chi connectivity index (χ4n) is 5.95. The van der Waals surface area contributed by atoms with E-state index in [2.05, 4.69) is 122 Å². The molecule has 0 saturated heterocycles. The van der Waals surface area contributed by atoms with Crippen molar-refractivity contribution in [1.29, 1.82) is 0 Å². The summed E-state index contributed by atoms with van der Waals surface area (Å²) in [6.07, 6.45) is 4.45. The molecular weight excluding hydrogens is 446 g/mol. The van der Waals surface area contributed by atoms with Gasteiger partial charge in [0.2, 0.25) is 5.71 Å². The minimum atomic E-state index is -0.313. The van der Waals surface area contributed by atoms with Crippen molar-refractivity contribution in [1.82, 2.24) is 19.7 Å². The van der Waals surface area contributed by atoms with Crippen LogP contribution >= 0.6 is 0 Å². The summed E-state index contributed by atoms with van der Waals surface area (Å²) in [7, 11) is 0. The van der Waals surface area contributed by atoms with E-state index in [0.29, 0.717) is 5.71 Å². The molecule has 0 fully saturated rings. The van der Waals surface area contributed by atoms with Crippen LogP contribution in [0.25, 0.3) is 33.0 Å².